The van der Waals surface area contributed by atoms with E-state index in [1.54, 1.807) is 47.3 Å². The number of hydrogen-bond acceptors (Lipinski definition) is 5. The quantitative estimate of drug-likeness (QED) is 0.764. The molecular formula is C20H26N4O4. The predicted molar refractivity (Wildman–Crippen MR) is 103 cm³/mol. The number of nitrogens with one attached hydrogen (secondary N) is 1. The van der Waals surface area contributed by atoms with Crippen molar-refractivity contribution in [2.24, 2.45) is 0 Å². The molecule has 1 N–H and O–H groups in total. The number of nitrogens with zero attached hydrogens (tertiary/aromatic N) is 3. The van der Waals surface area contributed by atoms with Crippen molar-refractivity contribution in [3.8, 4) is 5.75 Å². The summed E-state index contributed by atoms with van der Waals surface area (Å²) in [5.41, 5.74) is 1.88. The first-order valence-corrected chi connectivity index (χ1v) is 9.39. The van der Waals surface area contributed by atoms with Gasteiger partial charge in [-0.2, -0.15) is 5.10 Å². The van der Waals surface area contributed by atoms with Crippen molar-refractivity contribution in [1.29, 1.82) is 0 Å². The standard InChI is InChI=1S/C20H26N4O4/c1-4-23-11-17(10-22-23)20(26)24-12-16-9-15(19(25)21-7-8-27-3)5-6-18(16)28-13-14(24)2/h5-6,9-11,14H,4,7-8,12-13H2,1-3H3,(H,21,25)/t14-/m0/s1. The van der Waals surface area contributed by atoms with Gasteiger partial charge in [-0.1, -0.05) is 0 Å². The first kappa shape index (κ1) is 19.9. The molecule has 150 valence electrons. The first-order chi connectivity index (χ1) is 13.5. The molecule has 1 aromatic carbocycles. The van der Waals surface area contributed by atoms with Gasteiger partial charge in [-0.3, -0.25) is 14.3 Å². The summed E-state index contributed by atoms with van der Waals surface area (Å²) in [5.74, 6) is 0.415. The Morgan fingerprint density at radius 3 is 2.89 bits per heavy atom. The van der Waals surface area contributed by atoms with Crippen LogP contribution in [0.25, 0.3) is 0 Å². The fourth-order valence-electron chi connectivity index (χ4n) is 3.08. The number of methoxy groups -OCH3 is 1. The third-order valence-corrected chi connectivity index (χ3v) is 4.73. The molecule has 1 atom stereocenters. The highest BCUT2D eigenvalue weighted by molar-refractivity contribution is 5.95. The number of fused-ring (bicyclic) bond motifs is 1. The Hall–Kier alpha value is -2.87. The number of carbonyl (C=O) groups excluding carboxylic acids is 2. The van der Waals surface area contributed by atoms with Crippen molar-refractivity contribution >= 4 is 11.8 Å². The largest absolute Gasteiger partial charge is 0.491 e. The molecule has 0 radical (unpaired) electrons. The maximum atomic E-state index is 13.0. The van der Waals surface area contributed by atoms with Crippen LogP contribution in [0.5, 0.6) is 5.75 Å². The Balaban J connectivity index is 1.81. The van der Waals surface area contributed by atoms with Crippen LogP contribution in [0.15, 0.2) is 30.6 Å². The number of aromatic nitrogens is 2. The van der Waals surface area contributed by atoms with Crippen LogP contribution in [0.1, 0.15) is 40.1 Å². The molecule has 1 aromatic heterocycles. The Morgan fingerprint density at radius 1 is 1.36 bits per heavy atom. The third-order valence-electron chi connectivity index (χ3n) is 4.73. The highest BCUT2D eigenvalue weighted by Gasteiger charge is 2.28. The van der Waals surface area contributed by atoms with Crippen molar-refractivity contribution < 1.29 is 19.1 Å². The molecule has 1 aliphatic rings. The highest BCUT2D eigenvalue weighted by atomic mass is 16.5. The van der Waals surface area contributed by atoms with Gasteiger partial charge < -0.3 is 19.7 Å². The van der Waals surface area contributed by atoms with Crippen molar-refractivity contribution in [1.82, 2.24) is 20.0 Å². The number of aryl methyl sites for hydroxylation is 1. The van der Waals surface area contributed by atoms with E-state index in [0.29, 0.717) is 49.7 Å². The number of carbonyl (C=O) groups is 2. The van der Waals surface area contributed by atoms with Crippen molar-refractivity contribution in [2.45, 2.75) is 33.0 Å². The Bertz CT molecular complexity index is 848. The summed E-state index contributed by atoms with van der Waals surface area (Å²) in [6.07, 6.45) is 3.34. The average Bonchev–Trinajstić information content (AvgIpc) is 3.13. The smallest absolute Gasteiger partial charge is 0.257 e. The second-order valence-corrected chi connectivity index (χ2v) is 6.75. The molecule has 0 aliphatic carbocycles. The summed E-state index contributed by atoms with van der Waals surface area (Å²) in [7, 11) is 1.59. The van der Waals surface area contributed by atoms with Crippen LogP contribution in [-0.4, -0.2) is 59.4 Å². The van der Waals surface area contributed by atoms with Crippen LogP contribution < -0.4 is 10.1 Å². The lowest BCUT2D eigenvalue weighted by Gasteiger charge is -2.25. The lowest BCUT2D eigenvalue weighted by atomic mass is 10.1. The summed E-state index contributed by atoms with van der Waals surface area (Å²) in [5, 5.41) is 6.99. The molecular weight excluding hydrogens is 360 g/mol. The van der Waals surface area contributed by atoms with E-state index < -0.39 is 0 Å². The lowest BCUT2D eigenvalue weighted by molar-refractivity contribution is 0.0645. The van der Waals surface area contributed by atoms with E-state index in [-0.39, 0.29) is 17.9 Å². The van der Waals surface area contributed by atoms with Gasteiger partial charge in [-0.15, -0.1) is 0 Å². The van der Waals surface area contributed by atoms with E-state index in [0.717, 1.165) is 5.56 Å². The normalized spacial score (nSPS) is 16.1. The monoisotopic (exact) mass is 386 g/mol. The highest BCUT2D eigenvalue weighted by Crippen LogP contribution is 2.27. The molecule has 8 heteroatoms. The minimum absolute atomic E-state index is 0.0985. The van der Waals surface area contributed by atoms with E-state index in [4.69, 9.17) is 9.47 Å². The molecule has 28 heavy (non-hydrogen) atoms. The molecule has 0 fully saturated rings. The molecule has 2 heterocycles. The molecule has 0 spiro atoms. The molecule has 0 saturated carbocycles. The van der Waals surface area contributed by atoms with Crippen LogP contribution >= 0.6 is 0 Å². The molecule has 3 rings (SSSR count). The van der Waals surface area contributed by atoms with E-state index in [9.17, 15) is 9.59 Å². The number of rotatable bonds is 6. The molecule has 1 aliphatic heterocycles. The van der Waals surface area contributed by atoms with Gasteiger partial charge in [-0.25, -0.2) is 0 Å². The summed E-state index contributed by atoms with van der Waals surface area (Å²) < 4.78 is 12.5. The molecule has 0 saturated heterocycles. The van der Waals surface area contributed by atoms with E-state index in [1.807, 2.05) is 13.8 Å². The summed E-state index contributed by atoms with van der Waals surface area (Å²) in [4.78, 5) is 27.1. The van der Waals surface area contributed by atoms with Crippen LogP contribution in [-0.2, 0) is 17.8 Å². The van der Waals surface area contributed by atoms with Crippen molar-refractivity contribution in [3.05, 3.63) is 47.3 Å². The topological polar surface area (TPSA) is 85.7 Å². The molecule has 0 bridgehead atoms. The number of amides is 2. The zero-order chi connectivity index (χ0) is 20.1. The van der Waals surface area contributed by atoms with Crippen molar-refractivity contribution in [3.63, 3.8) is 0 Å². The first-order valence-electron chi connectivity index (χ1n) is 9.39. The zero-order valence-corrected chi connectivity index (χ0v) is 16.5. The SMILES string of the molecule is CCn1cc(C(=O)N2Cc3cc(C(=O)NCCOC)ccc3OC[C@@H]2C)cn1. The average molecular weight is 386 g/mol. The van der Waals surface area contributed by atoms with Crippen LogP contribution in [0.4, 0.5) is 0 Å². The van der Waals surface area contributed by atoms with E-state index in [2.05, 4.69) is 10.4 Å². The lowest BCUT2D eigenvalue weighted by Crippen LogP contribution is -2.39. The fraction of sp³-hybridized carbons (Fsp3) is 0.450. The van der Waals surface area contributed by atoms with Gasteiger partial charge >= 0.3 is 0 Å². The van der Waals surface area contributed by atoms with E-state index in [1.165, 1.54) is 0 Å². The summed E-state index contributed by atoms with van der Waals surface area (Å²) in [6, 6.07) is 5.19. The van der Waals surface area contributed by atoms with Crippen molar-refractivity contribution in [2.75, 3.05) is 26.9 Å². The van der Waals surface area contributed by atoms with E-state index >= 15 is 0 Å². The number of ether oxygens (including phenoxy) is 2. The van der Waals surface area contributed by atoms with Gasteiger partial charge in [0.25, 0.3) is 11.8 Å². The molecule has 2 amide bonds. The van der Waals surface area contributed by atoms with Crippen LogP contribution in [0, 0.1) is 0 Å². The summed E-state index contributed by atoms with van der Waals surface area (Å²) in [6.45, 7) is 6.27. The Labute approximate surface area is 164 Å². The summed E-state index contributed by atoms with van der Waals surface area (Å²) >= 11 is 0. The van der Waals surface area contributed by atoms with Gasteiger partial charge in [0.15, 0.2) is 0 Å². The fourth-order valence-corrected chi connectivity index (χ4v) is 3.08. The van der Waals surface area contributed by atoms with Gasteiger partial charge in [0, 0.05) is 37.5 Å². The number of benzene rings is 1. The second kappa shape index (κ2) is 8.88. The Morgan fingerprint density at radius 2 is 2.18 bits per heavy atom. The third kappa shape index (κ3) is 4.33. The zero-order valence-electron chi connectivity index (χ0n) is 16.5. The maximum absolute atomic E-state index is 13.0. The predicted octanol–water partition coefficient (Wildman–Crippen LogP) is 1.70. The minimum atomic E-state index is -0.181. The van der Waals surface area contributed by atoms with Crippen LogP contribution in [0.2, 0.25) is 0 Å². The second-order valence-electron chi connectivity index (χ2n) is 6.75. The maximum Gasteiger partial charge on any atom is 0.257 e. The van der Waals surface area contributed by atoms with Gasteiger partial charge in [0.05, 0.1) is 31.0 Å². The molecule has 8 nitrogen and oxygen atoms in total. The van der Waals surface area contributed by atoms with Gasteiger partial charge in [-0.05, 0) is 32.0 Å². The van der Waals surface area contributed by atoms with Crippen LogP contribution in [0.3, 0.4) is 0 Å². The molecule has 2 aromatic rings. The van der Waals surface area contributed by atoms with Gasteiger partial charge in [0.1, 0.15) is 12.4 Å². The van der Waals surface area contributed by atoms with Gasteiger partial charge in [0.2, 0.25) is 0 Å². The Kier molecular flexibility index (Phi) is 6.30. The molecule has 0 unspecified atom stereocenters. The number of hydrogen-bond donors (Lipinski definition) is 1. The minimum Gasteiger partial charge on any atom is -0.491 e.